The number of nitrogens with zero attached hydrogens (tertiary/aromatic N) is 5. The van der Waals surface area contributed by atoms with Gasteiger partial charge in [-0.3, -0.25) is 9.13 Å². The summed E-state index contributed by atoms with van der Waals surface area (Å²) in [6.45, 7) is 1.47. The maximum absolute atomic E-state index is 13.1. The van der Waals surface area contributed by atoms with Crippen molar-refractivity contribution in [1.29, 1.82) is 0 Å². The van der Waals surface area contributed by atoms with Crippen LogP contribution in [0.2, 0.25) is 0 Å². The van der Waals surface area contributed by atoms with Crippen molar-refractivity contribution in [1.82, 2.24) is 29.4 Å². The second-order valence-electron chi connectivity index (χ2n) is 8.99. The van der Waals surface area contributed by atoms with Crippen LogP contribution in [0, 0.1) is 0 Å². The van der Waals surface area contributed by atoms with Gasteiger partial charge in [0.25, 0.3) is 0 Å². The number of methoxy groups -OCH3 is 1. The van der Waals surface area contributed by atoms with E-state index in [4.69, 9.17) is 9.47 Å². The molecule has 186 valence electrons. The minimum atomic E-state index is -0.452. The Kier molecular flexibility index (Phi) is 6.53. The highest BCUT2D eigenvalue weighted by atomic mass is 16.5. The van der Waals surface area contributed by atoms with E-state index in [0.717, 1.165) is 49.9 Å². The maximum atomic E-state index is 13.1. The molecule has 12 nitrogen and oxygen atoms in total. The van der Waals surface area contributed by atoms with Gasteiger partial charge in [-0.15, -0.1) is 0 Å². The molecule has 2 atom stereocenters. The lowest BCUT2D eigenvalue weighted by Gasteiger charge is -2.23. The van der Waals surface area contributed by atoms with E-state index in [1.54, 1.807) is 34.6 Å². The van der Waals surface area contributed by atoms with E-state index in [2.05, 4.69) is 30.9 Å². The molecule has 3 aromatic rings. The highest BCUT2D eigenvalue weighted by Crippen LogP contribution is 2.32. The zero-order valence-electron chi connectivity index (χ0n) is 19.9. The van der Waals surface area contributed by atoms with Crippen molar-refractivity contribution >= 4 is 34.7 Å². The first-order valence-electron chi connectivity index (χ1n) is 11.9. The quantitative estimate of drug-likeness (QED) is 0.483. The van der Waals surface area contributed by atoms with Crippen molar-refractivity contribution in [2.24, 2.45) is 7.05 Å². The number of alkyl carbamates (subject to hydrolysis) is 1. The van der Waals surface area contributed by atoms with Gasteiger partial charge >= 0.3 is 11.8 Å². The number of anilines is 3. The third-order valence-electron chi connectivity index (χ3n) is 6.72. The standard InChI is InChI=1S/C23H30N8O4/c1-30-18-13-25-20(28-19-5-8-24-21(29-19)26-14-6-9-35-10-7-14)12-17(18)31(23(30)33)16-4-3-15(11-16)27-22(32)34-2/h5,8,12-16H,3-4,6-7,9-11H2,1-2H3,(H,27,32)(H2,24,25,26,28,29)/t15-,16-/m1/s1. The summed E-state index contributed by atoms with van der Waals surface area (Å²) in [5.74, 6) is 1.74. The number of nitrogens with one attached hydrogen (secondary N) is 3. The molecule has 1 aliphatic carbocycles. The third kappa shape index (κ3) is 4.92. The van der Waals surface area contributed by atoms with E-state index in [1.807, 2.05) is 6.07 Å². The lowest BCUT2D eigenvalue weighted by Crippen LogP contribution is -2.33. The highest BCUT2D eigenvalue weighted by molar-refractivity contribution is 5.79. The summed E-state index contributed by atoms with van der Waals surface area (Å²) in [5, 5.41) is 9.45. The van der Waals surface area contributed by atoms with Crippen molar-refractivity contribution in [2.75, 3.05) is 31.0 Å². The van der Waals surface area contributed by atoms with Crippen LogP contribution in [0.5, 0.6) is 0 Å². The second-order valence-corrected chi connectivity index (χ2v) is 8.99. The van der Waals surface area contributed by atoms with Crippen LogP contribution in [0.15, 0.2) is 29.3 Å². The number of ether oxygens (including phenoxy) is 2. The molecule has 1 saturated heterocycles. The number of amides is 1. The van der Waals surface area contributed by atoms with Crippen molar-refractivity contribution in [2.45, 2.75) is 50.2 Å². The van der Waals surface area contributed by atoms with E-state index in [1.165, 1.54) is 7.11 Å². The van der Waals surface area contributed by atoms with E-state index in [0.29, 0.717) is 24.0 Å². The van der Waals surface area contributed by atoms with Crippen LogP contribution in [0.3, 0.4) is 0 Å². The summed E-state index contributed by atoms with van der Waals surface area (Å²) in [6, 6.07) is 3.87. The molecule has 35 heavy (non-hydrogen) atoms. The first-order chi connectivity index (χ1) is 17.0. The van der Waals surface area contributed by atoms with Crippen LogP contribution in [0.25, 0.3) is 11.0 Å². The zero-order valence-corrected chi connectivity index (χ0v) is 19.9. The van der Waals surface area contributed by atoms with Gasteiger partial charge in [0.15, 0.2) is 0 Å². The summed E-state index contributed by atoms with van der Waals surface area (Å²) < 4.78 is 13.5. The molecule has 1 saturated carbocycles. The summed E-state index contributed by atoms with van der Waals surface area (Å²) in [5.41, 5.74) is 1.43. The number of hydrogen-bond acceptors (Lipinski definition) is 9. The Bertz CT molecular complexity index is 1270. The van der Waals surface area contributed by atoms with E-state index >= 15 is 0 Å². The SMILES string of the molecule is COC(=O)N[C@@H]1CC[C@@H](n2c(=O)n(C)c3cnc(Nc4ccnc(NC5CCOCC5)n4)cc32)C1. The minimum absolute atomic E-state index is 0.0297. The summed E-state index contributed by atoms with van der Waals surface area (Å²) >= 11 is 0. The Balaban J connectivity index is 1.36. The predicted molar refractivity (Wildman–Crippen MR) is 130 cm³/mol. The molecule has 0 bridgehead atoms. The second kappa shape index (κ2) is 9.90. The Morgan fingerprint density at radius 1 is 1.11 bits per heavy atom. The zero-order chi connectivity index (χ0) is 24.4. The monoisotopic (exact) mass is 482 g/mol. The van der Waals surface area contributed by atoms with Crippen LogP contribution >= 0.6 is 0 Å². The average molecular weight is 483 g/mol. The fourth-order valence-electron chi connectivity index (χ4n) is 4.88. The van der Waals surface area contributed by atoms with Gasteiger partial charge in [0.05, 0.1) is 24.3 Å². The van der Waals surface area contributed by atoms with E-state index in [-0.39, 0.29) is 23.8 Å². The van der Waals surface area contributed by atoms with Gasteiger partial charge in [-0.25, -0.2) is 19.6 Å². The van der Waals surface area contributed by atoms with Crippen LogP contribution in [-0.4, -0.2) is 62.6 Å². The van der Waals surface area contributed by atoms with Gasteiger partial charge in [0, 0.05) is 50.7 Å². The molecule has 0 radical (unpaired) electrons. The predicted octanol–water partition coefficient (Wildman–Crippen LogP) is 2.31. The first kappa shape index (κ1) is 23.1. The fourth-order valence-corrected chi connectivity index (χ4v) is 4.88. The Labute approximate surface area is 202 Å². The fraction of sp³-hybridized carbons (Fsp3) is 0.522. The number of aryl methyl sites for hydroxylation is 1. The molecule has 2 fully saturated rings. The largest absolute Gasteiger partial charge is 0.453 e. The Hall–Kier alpha value is -3.67. The number of carbonyl (C=O) groups is 1. The summed E-state index contributed by atoms with van der Waals surface area (Å²) in [7, 11) is 3.09. The summed E-state index contributed by atoms with van der Waals surface area (Å²) in [6.07, 6.45) is 7.00. The van der Waals surface area contributed by atoms with Crippen molar-refractivity contribution < 1.29 is 14.3 Å². The van der Waals surface area contributed by atoms with Crippen LogP contribution < -0.4 is 21.6 Å². The minimum Gasteiger partial charge on any atom is -0.453 e. The number of pyridine rings is 1. The normalized spacial score (nSPS) is 20.6. The number of imidazole rings is 1. The molecule has 0 spiro atoms. The smallest absolute Gasteiger partial charge is 0.407 e. The van der Waals surface area contributed by atoms with Crippen molar-refractivity contribution in [3.05, 3.63) is 35.0 Å². The van der Waals surface area contributed by atoms with E-state index < -0.39 is 6.09 Å². The number of aromatic nitrogens is 5. The first-order valence-corrected chi connectivity index (χ1v) is 11.9. The molecule has 12 heteroatoms. The number of rotatable bonds is 6. The molecule has 3 aromatic heterocycles. The van der Waals surface area contributed by atoms with Crippen molar-refractivity contribution in [3.8, 4) is 0 Å². The van der Waals surface area contributed by atoms with E-state index in [9.17, 15) is 9.59 Å². The van der Waals surface area contributed by atoms with Gasteiger partial charge < -0.3 is 25.4 Å². The van der Waals surface area contributed by atoms with Gasteiger partial charge in [0.1, 0.15) is 11.6 Å². The van der Waals surface area contributed by atoms with Gasteiger partial charge in [-0.2, -0.15) is 4.98 Å². The van der Waals surface area contributed by atoms with Gasteiger partial charge in [-0.1, -0.05) is 0 Å². The van der Waals surface area contributed by atoms with Gasteiger partial charge in [0.2, 0.25) is 5.95 Å². The molecule has 3 N–H and O–H groups in total. The molecule has 4 heterocycles. The molecule has 5 rings (SSSR count). The summed E-state index contributed by atoms with van der Waals surface area (Å²) in [4.78, 5) is 38.1. The van der Waals surface area contributed by atoms with Crippen LogP contribution in [0.4, 0.5) is 22.4 Å². The molecule has 2 aliphatic rings. The third-order valence-corrected chi connectivity index (χ3v) is 6.72. The highest BCUT2D eigenvalue weighted by Gasteiger charge is 2.30. The van der Waals surface area contributed by atoms with Crippen molar-refractivity contribution in [3.63, 3.8) is 0 Å². The molecule has 1 aliphatic heterocycles. The van der Waals surface area contributed by atoms with Crippen LogP contribution in [0.1, 0.15) is 38.1 Å². The molecule has 0 unspecified atom stereocenters. The average Bonchev–Trinajstić information content (AvgIpc) is 3.41. The Morgan fingerprint density at radius 3 is 2.74 bits per heavy atom. The lowest BCUT2D eigenvalue weighted by atomic mass is 10.1. The molecule has 1 amide bonds. The molecular weight excluding hydrogens is 452 g/mol. The maximum Gasteiger partial charge on any atom is 0.407 e. The number of carbonyl (C=O) groups excluding carboxylic acids is 1. The molecular formula is C23H30N8O4. The molecule has 0 aromatic carbocycles. The number of hydrogen-bond donors (Lipinski definition) is 3. The van der Waals surface area contributed by atoms with Gasteiger partial charge in [-0.05, 0) is 38.2 Å². The van der Waals surface area contributed by atoms with Crippen LogP contribution in [-0.2, 0) is 16.5 Å². The number of fused-ring (bicyclic) bond motifs is 1. The lowest BCUT2D eigenvalue weighted by molar-refractivity contribution is 0.0903. The topological polar surface area (TPSA) is 137 Å². The Morgan fingerprint density at radius 2 is 1.94 bits per heavy atom.